The minimum Gasteiger partial charge on any atom is -0.486 e. The highest BCUT2D eigenvalue weighted by molar-refractivity contribution is 7.92. The van der Waals surface area contributed by atoms with Crippen LogP contribution in [-0.2, 0) is 14.8 Å². The van der Waals surface area contributed by atoms with Crippen molar-refractivity contribution in [2.75, 3.05) is 24.0 Å². The molecule has 34 heavy (non-hydrogen) atoms. The topological polar surface area (TPSA) is 84.9 Å². The van der Waals surface area contributed by atoms with E-state index in [1.165, 1.54) is 4.31 Å². The Balaban J connectivity index is 1.53. The first-order valence-corrected chi connectivity index (χ1v) is 12.5. The van der Waals surface area contributed by atoms with Gasteiger partial charge in [-0.25, -0.2) is 8.42 Å². The van der Waals surface area contributed by atoms with E-state index >= 15 is 0 Å². The molecule has 0 saturated carbocycles. The van der Waals surface area contributed by atoms with Crippen molar-refractivity contribution in [1.29, 1.82) is 0 Å². The molecule has 0 fully saturated rings. The molecule has 1 atom stereocenters. The number of sulfonamides is 1. The number of nitrogens with zero attached hydrogens (tertiary/aromatic N) is 1. The zero-order chi connectivity index (χ0) is 24.3. The predicted molar refractivity (Wildman–Crippen MR) is 131 cm³/mol. The zero-order valence-corrected chi connectivity index (χ0v) is 20.3. The first kappa shape index (κ1) is 23.6. The number of carbonyl (C=O) groups excluding carboxylic acids is 1. The molecule has 7 nitrogen and oxygen atoms in total. The van der Waals surface area contributed by atoms with Gasteiger partial charge in [0.1, 0.15) is 19.3 Å². The molecular weight excluding hydrogens is 452 g/mol. The summed E-state index contributed by atoms with van der Waals surface area (Å²) in [5.41, 5.74) is 3.16. The van der Waals surface area contributed by atoms with Gasteiger partial charge in [-0.1, -0.05) is 42.0 Å². The third-order valence-corrected chi connectivity index (χ3v) is 7.61. The van der Waals surface area contributed by atoms with E-state index in [1.54, 1.807) is 42.5 Å². The van der Waals surface area contributed by atoms with Gasteiger partial charge in [0, 0.05) is 0 Å². The second-order valence-electron chi connectivity index (χ2n) is 8.35. The van der Waals surface area contributed by atoms with Crippen molar-refractivity contribution in [2.45, 2.75) is 31.8 Å². The molecule has 4 rings (SSSR count). The van der Waals surface area contributed by atoms with Gasteiger partial charge in [-0.2, -0.15) is 0 Å². The smallest absolute Gasteiger partial charge is 0.264 e. The summed E-state index contributed by atoms with van der Waals surface area (Å²) >= 11 is 0. The Bertz CT molecular complexity index is 1290. The molecule has 0 radical (unpaired) electrons. The van der Waals surface area contributed by atoms with Crippen LogP contribution in [0.5, 0.6) is 11.5 Å². The number of para-hydroxylation sites is 2. The molecule has 178 valence electrons. The Morgan fingerprint density at radius 1 is 0.971 bits per heavy atom. The number of anilines is 1. The Labute approximate surface area is 200 Å². The third kappa shape index (κ3) is 5.02. The fraction of sp³-hybridized carbons (Fsp3) is 0.269. The first-order chi connectivity index (χ1) is 16.3. The maximum atomic E-state index is 13.6. The van der Waals surface area contributed by atoms with Crippen molar-refractivity contribution < 1.29 is 22.7 Å². The van der Waals surface area contributed by atoms with Gasteiger partial charge in [-0.15, -0.1) is 0 Å². The standard InChI is InChI=1S/C26H28N2O5S/c1-18-11-13-22(14-12-18)34(30,31)28(23-8-6-7-19(2)20(23)3)16-26(29)27-15-21-17-32-24-9-4-5-10-25(24)33-21/h4-14,21H,15-17H2,1-3H3,(H,27,29). The number of hydrogen-bond acceptors (Lipinski definition) is 5. The number of hydrogen-bond donors (Lipinski definition) is 1. The fourth-order valence-corrected chi connectivity index (χ4v) is 5.20. The predicted octanol–water partition coefficient (Wildman–Crippen LogP) is 3.76. The summed E-state index contributed by atoms with van der Waals surface area (Å²) in [6.07, 6.45) is -0.373. The lowest BCUT2D eigenvalue weighted by Crippen LogP contribution is -2.45. The van der Waals surface area contributed by atoms with Crippen molar-refractivity contribution in [3.63, 3.8) is 0 Å². The molecule has 1 aliphatic rings. The number of amides is 1. The summed E-state index contributed by atoms with van der Waals surface area (Å²) in [4.78, 5) is 13.1. The van der Waals surface area contributed by atoms with Crippen molar-refractivity contribution in [3.05, 3.63) is 83.4 Å². The lowest BCUT2D eigenvalue weighted by atomic mass is 10.1. The number of ether oxygens (including phenoxy) is 2. The van der Waals surface area contributed by atoms with Crippen molar-refractivity contribution in [2.24, 2.45) is 0 Å². The molecule has 0 bridgehead atoms. The van der Waals surface area contributed by atoms with Crippen LogP contribution in [0, 0.1) is 20.8 Å². The number of nitrogens with one attached hydrogen (secondary N) is 1. The average molecular weight is 481 g/mol. The summed E-state index contributed by atoms with van der Waals surface area (Å²) in [5, 5.41) is 2.80. The van der Waals surface area contributed by atoms with Crippen LogP contribution in [0.1, 0.15) is 16.7 Å². The SMILES string of the molecule is Cc1ccc(S(=O)(=O)N(CC(=O)NCC2COc3ccccc3O2)c2cccc(C)c2C)cc1. The average Bonchev–Trinajstić information content (AvgIpc) is 2.83. The zero-order valence-electron chi connectivity index (χ0n) is 19.4. The number of benzene rings is 3. The minimum atomic E-state index is -3.97. The fourth-order valence-electron chi connectivity index (χ4n) is 3.72. The maximum absolute atomic E-state index is 13.6. The van der Waals surface area contributed by atoms with E-state index in [9.17, 15) is 13.2 Å². The van der Waals surface area contributed by atoms with E-state index in [4.69, 9.17) is 9.47 Å². The van der Waals surface area contributed by atoms with Crippen LogP contribution >= 0.6 is 0 Å². The van der Waals surface area contributed by atoms with Crippen LogP contribution in [0.25, 0.3) is 0 Å². The second kappa shape index (κ2) is 9.77. The molecule has 3 aromatic rings. The molecule has 1 heterocycles. The van der Waals surface area contributed by atoms with Crippen molar-refractivity contribution in [1.82, 2.24) is 5.32 Å². The monoisotopic (exact) mass is 480 g/mol. The molecule has 1 amide bonds. The van der Waals surface area contributed by atoms with E-state index in [-0.39, 0.29) is 24.1 Å². The van der Waals surface area contributed by atoms with Gasteiger partial charge in [0.2, 0.25) is 5.91 Å². The summed E-state index contributed by atoms with van der Waals surface area (Å²) in [7, 11) is -3.97. The highest BCUT2D eigenvalue weighted by Crippen LogP contribution is 2.31. The number of carbonyl (C=O) groups is 1. The lowest BCUT2D eigenvalue weighted by molar-refractivity contribution is -0.120. The Morgan fingerprint density at radius 3 is 2.41 bits per heavy atom. The largest absolute Gasteiger partial charge is 0.486 e. The lowest BCUT2D eigenvalue weighted by Gasteiger charge is -2.28. The molecule has 0 spiro atoms. The molecule has 3 aromatic carbocycles. The molecule has 0 aromatic heterocycles. The van der Waals surface area contributed by atoms with Crippen LogP contribution in [-0.4, -0.2) is 40.1 Å². The number of rotatable bonds is 7. The van der Waals surface area contributed by atoms with Gasteiger partial charge in [-0.3, -0.25) is 9.10 Å². The van der Waals surface area contributed by atoms with Gasteiger partial charge in [0.25, 0.3) is 10.0 Å². The molecule has 8 heteroatoms. The first-order valence-electron chi connectivity index (χ1n) is 11.1. The Kier molecular flexibility index (Phi) is 6.79. The van der Waals surface area contributed by atoms with Crippen LogP contribution < -0.4 is 19.1 Å². The number of aryl methyl sites for hydroxylation is 2. The van der Waals surface area contributed by atoms with E-state index in [2.05, 4.69) is 5.32 Å². The number of fused-ring (bicyclic) bond motifs is 1. The van der Waals surface area contributed by atoms with E-state index in [0.717, 1.165) is 16.7 Å². The summed E-state index contributed by atoms with van der Waals surface area (Å²) in [6, 6.07) is 19.4. The Hall–Kier alpha value is -3.52. The van der Waals surface area contributed by atoms with Crippen LogP contribution in [0.15, 0.2) is 71.6 Å². The van der Waals surface area contributed by atoms with Gasteiger partial charge in [0.05, 0.1) is 17.1 Å². The quantitative estimate of drug-likeness (QED) is 0.557. The second-order valence-corrected chi connectivity index (χ2v) is 10.2. The summed E-state index contributed by atoms with van der Waals surface area (Å²) in [6.45, 7) is 5.78. The van der Waals surface area contributed by atoms with E-state index < -0.39 is 15.9 Å². The van der Waals surface area contributed by atoms with Crippen LogP contribution in [0.3, 0.4) is 0 Å². The third-order valence-electron chi connectivity index (χ3n) is 5.84. The molecule has 0 saturated heterocycles. The normalized spacial score (nSPS) is 15.0. The molecule has 1 N–H and O–H groups in total. The van der Waals surface area contributed by atoms with Gasteiger partial charge in [-0.05, 0) is 62.2 Å². The van der Waals surface area contributed by atoms with Crippen LogP contribution in [0.2, 0.25) is 0 Å². The van der Waals surface area contributed by atoms with Gasteiger partial charge >= 0.3 is 0 Å². The molecule has 1 aliphatic heterocycles. The highest BCUT2D eigenvalue weighted by atomic mass is 32.2. The molecule has 0 aliphatic carbocycles. The summed E-state index contributed by atoms with van der Waals surface area (Å²) in [5.74, 6) is 0.848. The molecular formula is C26H28N2O5S. The van der Waals surface area contributed by atoms with E-state index in [0.29, 0.717) is 23.8 Å². The van der Waals surface area contributed by atoms with Gasteiger partial charge in [0.15, 0.2) is 11.5 Å². The summed E-state index contributed by atoms with van der Waals surface area (Å²) < 4.78 is 39.9. The molecule has 1 unspecified atom stereocenters. The highest BCUT2D eigenvalue weighted by Gasteiger charge is 2.29. The minimum absolute atomic E-state index is 0.132. The van der Waals surface area contributed by atoms with Crippen molar-refractivity contribution >= 4 is 21.6 Å². The van der Waals surface area contributed by atoms with Gasteiger partial charge < -0.3 is 14.8 Å². The van der Waals surface area contributed by atoms with Crippen molar-refractivity contribution in [3.8, 4) is 11.5 Å². The Morgan fingerprint density at radius 2 is 1.68 bits per heavy atom. The maximum Gasteiger partial charge on any atom is 0.264 e. The van der Waals surface area contributed by atoms with Crippen LogP contribution in [0.4, 0.5) is 5.69 Å². The van der Waals surface area contributed by atoms with E-state index in [1.807, 2.05) is 45.0 Å².